The monoisotopic (exact) mass is 588 g/mol. The Hall–Kier alpha value is -4.86. The van der Waals surface area contributed by atoms with E-state index in [0.29, 0.717) is 21.6 Å². The molecular formula is C33H24N4O3S2. The van der Waals surface area contributed by atoms with Crippen LogP contribution in [-0.2, 0) is 6.42 Å². The fourth-order valence-corrected chi connectivity index (χ4v) is 7.15. The molecule has 0 fully saturated rings. The number of carboxylic acids is 1. The summed E-state index contributed by atoms with van der Waals surface area (Å²) in [7, 11) is 0. The van der Waals surface area contributed by atoms with Crippen LogP contribution in [0.15, 0.2) is 97.1 Å². The van der Waals surface area contributed by atoms with Gasteiger partial charge in [0.15, 0.2) is 10.8 Å². The van der Waals surface area contributed by atoms with E-state index in [9.17, 15) is 14.7 Å². The Morgan fingerprint density at radius 3 is 2.29 bits per heavy atom. The predicted octanol–water partition coefficient (Wildman–Crippen LogP) is 8.44. The van der Waals surface area contributed by atoms with Crippen molar-refractivity contribution in [1.82, 2.24) is 9.97 Å². The van der Waals surface area contributed by atoms with Crippen LogP contribution < -0.4 is 10.2 Å². The summed E-state index contributed by atoms with van der Waals surface area (Å²) in [6.45, 7) is 0.574. The maximum absolute atomic E-state index is 13.4. The number of carbonyl (C=O) groups is 2. The molecule has 7 rings (SSSR count). The number of nitrogens with zero attached hydrogens (tertiary/aromatic N) is 3. The Bertz CT molecular complexity index is 1910. The zero-order valence-electron chi connectivity index (χ0n) is 22.3. The fraction of sp³-hybridized carbons (Fsp3) is 0.0909. The number of urea groups is 1. The van der Waals surface area contributed by atoms with Crippen LogP contribution in [0.3, 0.4) is 0 Å². The molecule has 0 spiro atoms. The maximum atomic E-state index is 13.4. The quantitative estimate of drug-likeness (QED) is 0.211. The predicted molar refractivity (Wildman–Crippen MR) is 170 cm³/mol. The lowest BCUT2D eigenvalue weighted by Gasteiger charge is -2.29. The second-order valence-corrected chi connectivity index (χ2v) is 12.0. The molecule has 0 unspecified atom stereocenters. The molecule has 0 saturated heterocycles. The molecule has 2 aromatic heterocycles. The zero-order valence-corrected chi connectivity index (χ0v) is 23.9. The van der Waals surface area contributed by atoms with Gasteiger partial charge in [0.1, 0.15) is 5.01 Å². The Balaban J connectivity index is 1.19. The van der Waals surface area contributed by atoms with E-state index in [0.717, 1.165) is 56.6 Å². The Kier molecular flexibility index (Phi) is 6.73. The van der Waals surface area contributed by atoms with Crippen LogP contribution in [-0.4, -0.2) is 33.6 Å². The van der Waals surface area contributed by atoms with Crippen molar-refractivity contribution in [2.24, 2.45) is 0 Å². The van der Waals surface area contributed by atoms with Gasteiger partial charge in [0.05, 0.1) is 15.1 Å². The second kappa shape index (κ2) is 10.8. The third kappa shape index (κ3) is 4.93. The van der Waals surface area contributed by atoms with E-state index in [-0.39, 0.29) is 11.7 Å². The van der Waals surface area contributed by atoms with Crippen molar-refractivity contribution in [3.8, 4) is 32.1 Å². The molecule has 2 N–H and O–H groups in total. The molecule has 42 heavy (non-hydrogen) atoms. The third-order valence-electron chi connectivity index (χ3n) is 7.29. The highest BCUT2D eigenvalue weighted by molar-refractivity contribution is 7.22. The lowest BCUT2D eigenvalue weighted by molar-refractivity contribution is 0.0692. The molecule has 0 saturated carbocycles. The first-order valence-corrected chi connectivity index (χ1v) is 15.1. The number of benzene rings is 4. The number of aryl methyl sites for hydroxylation is 1. The first-order valence-electron chi connectivity index (χ1n) is 13.5. The molecular weight excluding hydrogens is 565 g/mol. The van der Waals surface area contributed by atoms with Crippen LogP contribution in [0.1, 0.15) is 22.5 Å². The van der Waals surface area contributed by atoms with E-state index >= 15 is 0 Å². The van der Waals surface area contributed by atoms with E-state index in [1.807, 2.05) is 97.1 Å². The molecule has 0 aliphatic carbocycles. The highest BCUT2D eigenvalue weighted by Crippen LogP contribution is 2.39. The third-order valence-corrected chi connectivity index (χ3v) is 9.39. The van der Waals surface area contributed by atoms with Crippen LogP contribution >= 0.6 is 22.7 Å². The lowest BCUT2D eigenvalue weighted by Crippen LogP contribution is -2.38. The van der Waals surface area contributed by atoms with Gasteiger partial charge < -0.3 is 5.11 Å². The average Bonchev–Trinajstić information content (AvgIpc) is 3.66. The summed E-state index contributed by atoms with van der Waals surface area (Å²) in [4.78, 5) is 37.0. The van der Waals surface area contributed by atoms with Gasteiger partial charge in [-0.1, -0.05) is 90.2 Å². The molecule has 3 heterocycles. The van der Waals surface area contributed by atoms with Crippen LogP contribution in [0.2, 0.25) is 0 Å². The maximum Gasteiger partial charge on any atom is 0.356 e. The number of aromatic carboxylic acids is 1. The molecule has 0 radical (unpaired) electrons. The second-order valence-electron chi connectivity index (χ2n) is 9.96. The Labute approximate surface area is 249 Å². The molecule has 1 aliphatic rings. The minimum Gasteiger partial charge on any atom is -0.476 e. The summed E-state index contributed by atoms with van der Waals surface area (Å²) in [5.74, 6) is -1.07. The number of para-hydroxylation sites is 1. The van der Waals surface area contributed by atoms with E-state index in [2.05, 4.69) is 15.3 Å². The van der Waals surface area contributed by atoms with E-state index in [1.165, 1.54) is 22.7 Å². The van der Waals surface area contributed by atoms with Crippen molar-refractivity contribution in [2.75, 3.05) is 16.8 Å². The molecule has 0 atom stereocenters. The number of fused-ring (bicyclic) bond motifs is 2. The summed E-state index contributed by atoms with van der Waals surface area (Å²) in [6.07, 6.45) is 1.71. The number of thiazole rings is 2. The molecule has 6 aromatic rings. The number of rotatable bonds is 5. The number of carbonyl (C=O) groups excluding carboxylic acids is 1. The van der Waals surface area contributed by atoms with Crippen molar-refractivity contribution in [3.05, 3.63) is 108 Å². The molecule has 206 valence electrons. The first kappa shape index (κ1) is 26.1. The minimum absolute atomic E-state index is 0.0191. The van der Waals surface area contributed by atoms with Crippen molar-refractivity contribution >= 4 is 55.7 Å². The fourth-order valence-electron chi connectivity index (χ4n) is 5.23. The van der Waals surface area contributed by atoms with Gasteiger partial charge in [-0.25, -0.2) is 19.6 Å². The topological polar surface area (TPSA) is 95.4 Å². The molecule has 1 aliphatic heterocycles. The molecule has 0 bridgehead atoms. The highest BCUT2D eigenvalue weighted by atomic mass is 32.1. The van der Waals surface area contributed by atoms with Gasteiger partial charge >= 0.3 is 12.0 Å². The number of carboxylic acid groups (broad SMARTS) is 1. The van der Waals surface area contributed by atoms with Crippen LogP contribution in [0.4, 0.5) is 15.6 Å². The van der Waals surface area contributed by atoms with Gasteiger partial charge in [-0.05, 0) is 53.3 Å². The number of anilines is 2. The number of hydrogen-bond acceptors (Lipinski definition) is 6. The van der Waals surface area contributed by atoms with Crippen LogP contribution in [0.25, 0.3) is 42.4 Å². The van der Waals surface area contributed by atoms with Crippen LogP contribution in [0.5, 0.6) is 0 Å². The number of hydrogen-bond donors (Lipinski definition) is 2. The summed E-state index contributed by atoms with van der Waals surface area (Å²) in [6, 6.07) is 31.4. The van der Waals surface area contributed by atoms with E-state index < -0.39 is 5.97 Å². The summed E-state index contributed by atoms with van der Waals surface area (Å²) < 4.78 is 1.01. The lowest BCUT2D eigenvalue weighted by atomic mass is 10.00. The molecule has 7 nitrogen and oxygen atoms in total. The van der Waals surface area contributed by atoms with Crippen molar-refractivity contribution < 1.29 is 14.7 Å². The van der Waals surface area contributed by atoms with Gasteiger partial charge in [0.25, 0.3) is 0 Å². The van der Waals surface area contributed by atoms with Gasteiger partial charge in [0, 0.05) is 17.8 Å². The van der Waals surface area contributed by atoms with Crippen molar-refractivity contribution in [3.63, 3.8) is 0 Å². The largest absolute Gasteiger partial charge is 0.476 e. The number of amides is 2. The summed E-state index contributed by atoms with van der Waals surface area (Å²) in [5.41, 5.74) is 6.46. The van der Waals surface area contributed by atoms with Gasteiger partial charge in [0.2, 0.25) is 0 Å². The molecule has 9 heteroatoms. The molecule has 2 amide bonds. The normalized spacial score (nSPS) is 12.7. The standard InChI is InChI=1S/C33H24N4O3S2/c38-31(39)28-29(23-15-12-21(13-16-23)20-7-2-1-3-8-20)42-30(35-28)24-17-14-22-9-6-18-37(26(22)19-24)33(40)36-32-34-25-10-4-5-11-27(25)41-32/h1-5,7-8,10-17,19H,6,9,18H2,(H,38,39)(H,34,36,40). The summed E-state index contributed by atoms with van der Waals surface area (Å²) >= 11 is 2.78. The minimum atomic E-state index is -1.07. The first-order chi connectivity index (χ1) is 20.5. The van der Waals surface area contributed by atoms with Gasteiger partial charge in [-0.3, -0.25) is 10.2 Å². The van der Waals surface area contributed by atoms with Crippen molar-refractivity contribution in [2.45, 2.75) is 12.8 Å². The van der Waals surface area contributed by atoms with Crippen molar-refractivity contribution in [1.29, 1.82) is 0 Å². The number of nitrogens with one attached hydrogen (secondary N) is 1. The smallest absolute Gasteiger partial charge is 0.356 e. The summed E-state index contributed by atoms with van der Waals surface area (Å²) in [5, 5.41) is 14.1. The Morgan fingerprint density at radius 2 is 1.50 bits per heavy atom. The van der Waals surface area contributed by atoms with E-state index in [4.69, 9.17) is 0 Å². The van der Waals surface area contributed by atoms with Gasteiger partial charge in [-0.15, -0.1) is 11.3 Å². The SMILES string of the molecule is O=C(O)c1nc(-c2ccc3c(c2)N(C(=O)Nc2nc4ccccc4s2)CCC3)sc1-c1ccc(-c2ccccc2)cc1. The average molecular weight is 589 g/mol. The highest BCUT2D eigenvalue weighted by Gasteiger charge is 2.26. The van der Waals surface area contributed by atoms with Gasteiger partial charge in [-0.2, -0.15) is 0 Å². The molecule has 4 aromatic carbocycles. The van der Waals surface area contributed by atoms with Crippen LogP contribution in [0, 0.1) is 0 Å². The zero-order chi connectivity index (χ0) is 28.6. The van der Waals surface area contributed by atoms with E-state index in [1.54, 1.807) is 4.90 Å². The number of aromatic nitrogens is 2. The Morgan fingerprint density at radius 1 is 0.786 bits per heavy atom.